The predicted molar refractivity (Wildman–Crippen MR) is 345 cm³/mol. The van der Waals surface area contributed by atoms with Crippen LogP contribution in [0.1, 0.15) is 75.9 Å². The number of nitrogens with zero attached hydrogens (tertiary/aromatic N) is 12. The van der Waals surface area contributed by atoms with Gasteiger partial charge in [-0.3, -0.25) is 78.7 Å². The number of aliphatic hydroxyl groups is 4. The fourth-order valence-electron chi connectivity index (χ4n) is 12.4. The Morgan fingerprint density at radius 1 is 0.476 bits per heavy atom. The molecule has 13 rings (SSSR count). The summed E-state index contributed by atoms with van der Waals surface area (Å²) in [6, 6.07) is 5.78. The molecule has 0 aromatic carbocycles. The third-order valence-electron chi connectivity index (χ3n) is 17.6. The van der Waals surface area contributed by atoms with Gasteiger partial charge in [0.25, 0.3) is 18.9 Å². The monoisotopic (exact) mass is 1540 g/mol. The van der Waals surface area contributed by atoms with Gasteiger partial charge in [-0.25, -0.2) is 48.1 Å². The number of phosphoric ester groups is 3. The van der Waals surface area contributed by atoms with Gasteiger partial charge in [0.15, 0.2) is 17.7 Å². The molecule has 50 heteroatoms. The number of nitrogen functional groups attached to an aromatic ring is 4. The molecule has 568 valence electrons. The number of aliphatic hydroxyl groups excluding tert-OH is 4. The first-order valence-corrected chi connectivity index (χ1v) is 36.4. The number of aromatic nitrogens is 14. The van der Waals surface area contributed by atoms with E-state index < -0.39 is 226 Å². The van der Waals surface area contributed by atoms with Gasteiger partial charge in [-0.1, -0.05) is 0 Å². The van der Waals surface area contributed by atoms with Gasteiger partial charge in [0, 0.05) is 81.6 Å². The van der Waals surface area contributed by atoms with Gasteiger partial charge < -0.3 is 85.7 Å². The lowest BCUT2D eigenvalue weighted by atomic mass is 10.2. The molecule has 0 spiro atoms. The van der Waals surface area contributed by atoms with Crippen molar-refractivity contribution < 1.29 is 104 Å². The maximum atomic E-state index is 15.9. The van der Waals surface area contributed by atoms with E-state index in [-0.39, 0.29) is 60.1 Å². The Hall–Kier alpha value is -8.32. The molecular weight excluding hydrogens is 1470 g/mol. The fraction of sp³-hybridized carbons (Fsp3) is 0.545. The Morgan fingerprint density at radius 2 is 0.876 bits per heavy atom. The zero-order chi connectivity index (χ0) is 74.4. The minimum absolute atomic E-state index is 0.0576. The molecule has 0 saturated carbocycles. The summed E-state index contributed by atoms with van der Waals surface area (Å²) >= 11 is 0. The van der Waals surface area contributed by atoms with Crippen LogP contribution in [0, 0.1) is 0 Å². The first-order chi connectivity index (χ1) is 50.1. The topological polar surface area (TPSA) is 646 Å². The Bertz CT molecular complexity index is 4920. The minimum atomic E-state index is -5.59. The Morgan fingerprint density at radius 3 is 1.33 bits per heavy atom. The number of nitrogens with two attached hydrogens (primary N) is 4. The number of imidazole rings is 1. The van der Waals surface area contributed by atoms with Gasteiger partial charge in [-0.15, -0.1) is 0 Å². The van der Waals surface area contributed by atoms with E-state index in [1.165, 1.54) is 47.7 Å². The number of aromatic amines is 2. The van der Waals surface area contributed by atoms with Crippen molar-refractivity contribution in [1.82, 2.24) is 67.3 Å². The van der Waals surface area contributed by atoms with Crippen molar-refractivity contribution in [3.8, 4) is 0 Å². The van der Waals surface area contributed by atoms with Gasteiger partial charge in [0.1, 0.15) is 103 Å². The van der Waals surface area contributed by atoms with Gasteiger partial charge in [0.05, 0.1) is 76.5 Å². The van der Waals surface area contributed by atoms with Crippen molar-refractivity contribution in [1.29, 1.82) is 0 Å². The highest BCUT2D eigenvalue weighted by atomic mass is 31.2. The standard InChI is InChI=1S/C55H69N18O29P3/c56-37-1-6-68(51(80)63-37)42-12-26(75)32(95-42)18-89-103(85,86)100-29-15-46(73-24-62-47-48(59)60-23-61-49(47)73)99-35(29)21-92-104(87,90-19-33-27(76)13-43(96-33)69-7-2-38(57)64-52(69)81)101-30-16-45(71-9-4-40(78)66-54(71)83)98-36(30)22-93-105(88,91-20-34-28(77)14-44(97-34)70-8-3-39(58)65-53(70)82)102-31-11-25(17-74)94-50(31)72-10-5-41(79)67-55(72)84/h1-10,23-36,42-46,50,74-77H,11-22H2,(H,85,86)(H2,56,63,80)(H2,57,64,81)(H2,58,65,82)(H2,59,60,61)(H,66,78,83)(H,67,79,84)/p-1/t25-,26?,27?,28?,29?,30?,31-,32?,33?,34+,35+,36-,42?,43?,44+,45-,46+,50+,104?,105?/m1/s1. The average molecular weight is 1540 g/mol. The number of phosphoric acid groups is 3. The molecule has 105 heavy (non-hydrogen) atoms. The second-order valence-electron chi connectivity index (χ2n) is 24.6. The van der Waals surface area contributed by atoms with Gasteiger partial charge in [-0.2, -0.15) is 15.0 Å². The molecule has 6 aliphatic rings. The summed E-state index contributed by atoms with van der Waals surface area (Å²) in [6.45, 7) is -5.45. The van der Waals surface area contributed by atoms with E-state index in [1.807, 2.05) is 0 Å². The molecule has 6 fully saturated rings. The fourth-order valence-corrected chi connectivity index (χ4v) is 16.1. The van der Waals surface area contributed by atoms with Crippen LogP contribution in [0.2, 0.25) is 0 Å². The minimum Gasteiger partial charge on any atom is -0.756 e. The van der Waals surface area contributed by atoms with Gasteiger partial charge >= 0.3 is 44.1 Å². The second-order valence-corrected chi connectivity index (χ2v) is 29.2. The molecular formula is C55H68N18O29P3-. The maximum absolute atomic E-state index is 15.9. The molecule has 7 aromatic rings. The van der Waals surface area contributed by atoms with Crippen molar-refractivity contribution in [3.05, 3.63) is 147 Å². The molecule has 6 aliphatic heterocycles. The van der Waals surface area contributed by atoms with E-state index in [9.17, 15) is 63.4 Å². The molecule has 47 nitrogen and oxygen atoms in total. The van der Waals surface area contributed by atoms with E-state index >= 15 is 9.13 Å². The number of anilines is 4. The molecule has 6 saturated heterocycles. The number of hydrogen-bond donors (Lipinski definition) is 10. The SMILES string of the molecule is Nc1ccn(C2CC(O)C(COP(=O)([O-])OC3C[C@@H](n4cnc5c(N)ncnc54)O[C@H]3COP(=O)(OCC3OC(n4ccc(N)nc4=O)CC3O)OC3C[C@H](n4ccc(=O)[nH]c4=O)O[C@@H]3COP(=O)(OC[C@@H]3O[C@H](n4ccc(N)nc4=O)CC3O)O[C@@H]3C[C@H](CO)O[C@@H]3n3ccc(=O)[nH]c3=O)O2)c(=O)n1. The molecule has 0 radical (unpaired) electrons. The Kier molecular flexibility index (Phi) is 22.0. The average Bonchev–Trinajstić information content (AvgIpc) is 1.64. The van der Waals surface area contributed by atoms with Crippen molar-refractivity contribution in [2.45, 2.75) is 149 Å². The molecule has 12 unspecified atom stereocenters. The summed E-state index contributed by atoms with van der Waals surface area (Å²) in [5.74, 6) is -0.410. The van der Waals surface area contributed by atoms with Crippen LogP contribution in [0.15, 0.2) is 108 Å². The van der Waals surface area contributed by atoms with E-state index in [4.69, 9.17) is 87.5 Å². The predicted octanol–water partition coefficient (Wildman–Crippen LogP) is -4.25. The van der Waals surface area contributed by atoms with Crippen molar-refractivity contribution in [3.63, 3.8) is 0 Å². The first kappa shape index (κ1) is 74.9. The normalized spacial score (nSPS) is 30.8. The highest BCUT2D eigenvalue weighted by Gasteiger charge is 2.51. The van der Waals surface area contributed by atoms with Crippen LogP contribution in [0.5, 0.6) is 0 Å². The Balaban J connectivity index is 0.807. The summed E-state index contributed by atoms with van der Waals surface area (Å²) in [6.07, 6.45) is -20.2. The summed E-state index contributed by atoms with van der Waals surface area (Å²) in [5.41, 5.74) is 17.0. The smallest absolute Gasteiger partial charge is 0.475 e. The van der Waals surface area contributed by atoms with Gasteiger partial charge in [0.2, 0.25) is 0 Å². The Labute approximate surface area is 585 Å². The third-order valence-corrected chi connectivity index (χ3v) is 21.5. The number of H-pyrrole nitrogens is 2. The molecule has 14 N–H and O–H groups in total. The summed E-state index contributed by atoms with van der Waals surface area (Å²) < 4.78 is 135. The van der Waals surface area contributed by atoms with Crippen LogP contribution in [0.25, 0.3) is 11.2 Å². The lowest BCUT2D eigenvalue weighted by molar-refractivity contribution is -0.234. The van der Waals surface area contributed by atoms with Crippen LogP contribution in [-0.2, 0) is 78.3 Å². The van der Waals surface area contributed by atoms with Gasteiger partial charge in [-0.05, 0) is 18.2 Å². The number of hydrogen-bond acceptors (Lipinski definition) is 39. The zero-order valence-electron chi connectivity index (χ0n) is 54.3. The lowest BCUT2D eigenvalue weighted by Gasteiger charge is -2.30. The number of rotatable bonds is 28. The number of fused-ring (bicyclic) bond motifs is 1. The quantitative estimate of drug-likeness (QED) is 0.0208. The third kappa shape index (κ3) is 16.9. The molecule has 7 aromatic heterocycles. The summed E-state index contributed by atoms with van der Waals surface area (Å²) in [7, 11) is -16.5. The van der Waals surface area contributed by atoms with E-state index in [0.717, 1.165) is 53.7 Å². The molecule has 0 bridgehead atoms. The van der Waals surface area contributed by atoms with Crippen molar-refractivity contribution in [2.75, 3.05) is 62.6 Å². The van der Waals surface area contributed by atoms with Crippen molar-refractivity contribution >= 4 is 57.9 Å². The molecule has 0 aliphatic carbocycles. The maximum Gasteiger partial charge on any atom is 0.475 e. The van der Waals surface area contributed by atoms with E-state index in [1.54, 1.807) is 0 Å². The van der Waals surface area contributed by atoms with Crippen LogP contribution >= 0.6 is 23.5 Å². The molecule has 21 atom stereocenters. The second kappa shape index (κ2) is 30.9. The van der Waals surface area contributed by atoms with E-state index in [2.05, 4.69) is 39.9 Å². The highest BCUT2D eigenvalue weighted by Crippen LogP contribution is 2.58. The first-order valence-electron chi connectivity index (χ1n) is 32.0. The largest absolute Gasteiger partial charge is 0.756 e. The number of nitrogens with one attached hydrogen (secondary N) is 2. The molecule has 0 amide bonds. The highest BCUT2D eigenvalue weighted by molar-refractivity contribution is 7.48. The summed E-state index contributed by atoms with van der Waals surface area (Å²) in [4.78, 5) is 131. The molecule has 13 heterocycles. The van der Waals surface area contributed by atoms with E-state index in [0.29, 0.717) is 0 Å². The van der Waals surface area contributed by atoms with Crippen LogP contribution in [-0.4, -0.2) is 201 Å². The van der Waals surface area contributed by atoms with Crippen molar-refractivity contribution in [2.24, 2.45) is 0 Å². The lowest BCUT2D eigenvalue weighted by Crippen LogP contribution is -2.36. The van der Waals surface area contributed by atoms with Crippen LogP contribution in [0.3, 0.4) is 0 Å². The summed E-state index contributed by atoms with van der Waals surface area (Å²) in [5, 5.41) is 43.9. The van der Waals surface area contributed by atoms with Crippen LogP contribution < -0.4 is 67.4 Å². The van der Waals surface area contributed by atoms with Crippen LogP contribution in [0.4, 0.5) is 23.3 Å². The zero-order valence-corrected chi connectivity index (χ0v) is 57.0. The number of ether oxygens (including phenoxy) is 6.